The Morgan fingerprint density at radius 1 is 1.42 bits per heavy atom. The molecule has 1 aromatic carbocycles. The van der Waals surface area contributed by atoms with E-state index in [9.17, 15) is 14.0 Å². The lowest BCUT2D eigenvalue weighted by Crippen LogP contribution is -2.41. The van der Waals surface area contributed by atoms with Gasteiger partial charge in [-0.15, -0.1) is 0 Å². The minimum Gasteiger partial charge on any atom is -0.480 e. The summed E-state index contributed by atoms with van der Waals surface area (Å²) in [5, 5.41) is 11.4. The molecule has 0 aromatic heterocycles. The van der Waals surface area contributed by atoms with Gasteiger partial charge in [-0.1, -0.05) is 0 Å². The summed E-state index contributed by atoms with van der Waals surface area (Å²) < 4.78 is 13.2. The number of benzene rings is 1. The zero-order chi connectivity index (χ0) is 14.4. The van der Waals surface area contributed by atoms with E-state index in [1.54, 1.807) is 6.92 Å². The van der Waals surface area contributed by atoms with Crippen LogP contribution in [-0.2, 0) is 4.79 Å². The maximum absolute atomic E-state index is 13.2. The van der Waals surface area contributed by atoms with Crippen molar-refractivity contribution in [2.24, 2.45) is 0 Å². The molecule has 0 radical (unpaired) electrons. The van der Waals surface area contributed by atoms with Gasteiger partial charge < -0.3 is 10.4 Å². The van der Waals surface area contributed by atoms with Crippen molar-refractivity contribution in [1.29, 1.82) is 0 Å². The van der Waals surface area contributed by atoms with E-state index < -0.39 is 23.7 Å². The lowest BCUT2D eigenvalue weighted by Gasteiger charge is -2.14. The Labute approximate surface area is 115 Å². The monoisotopic (exact) mass is 285 g/mol. The highest BCUT2D eigenvalue weighted by atomic mass is 32.2. The quantitative estimate of drug-likeness (QED) is 0.839. The van der Waals surface area contributed by atoms with E-state index >= 15 is 0 Å². The number of carbonyl (C=O) groups excluding carboxylic acids is 1. The summed E-state index contributed by atoms with van der Waals surface area (Å²) in [6.07, 6.45) is 2.19. The van der Waals surface area contributed by atoms with Crippen LogP contribution in [0.15, 0.2) is 18.2 Å². The van der Waals surface area contributed by atoms with Crippen molar-refractivity contribution in [2.75, 3.05) is 12.0 Å². The summed E-state index contributed by atoms with van der Waals surface area (Å²) in [4.78, 5) is 22.9. The topological polar surface area (TPSA) is 66.4 Å². The highest BCUT2D eigenvalue weighted by molar-refractivity contribution is 7.98. The second kappa shape index (κ2) is 7.13. The number of halogens is 1. The summed E-state index contributed by atoms with van der Waals surface area (Å²) in [7, 11) is 0. The van der Waals surface area contributed by atoms with E-state index in [1.807, 2.05) is 6.26 Å². The second-order valence-electron chi connectivity index (χ2n) is 4.16. The van der Waals surface area contributed by atoms with E-state index in [2.05, 4.69) is 5.32 Å². The third-order valence-corrected chi connectivity index (χ3v) is 3.16. The molecule has 0 spiro atoms. The van der Waals surface area contributed by atoms with Crippen molar-refractivity contribution in [2.45, 2.75) is 19.4 Å². The van der Waals surface area contributed by atoms with Gasteiger partial charge in [0.25, 0.3) is 5.91 Å². The Hall–Kier alpha value is -1.56. The number of aliphatic carboxylic acids is 1. The molecule has 6 heteroatoms. The van der Waals surface area contributed by atoms with Gasteiger partial charge >= 0.3 is 5.97 Å². The van der Waals surface area contributed by atoms with E-state index in [0.29, 0.717) is 17.7 Å². The van der Waals surface area contributed by atoms with E-state index in [1.165, 1.54) is 23.9 Å². The van der Waals surface area contributed by atoms with Crippen molar-refractivity contribution in [3.8, 4) is 0 Å². The highest BCUT2D eigenvalue weighted by Gasteiger charge is 2.20. The van der Waals surface area contributed by atoms with Crippen LogP contribution in [0.3, 0.4) is 0 Å². The van der Waals surface area contributed by atoms with Crippen molar-refractivity contribution >= 4 is 23.6 Å². The number of carboxylic acids is 1. The second-order valence-corrected chi connectivity index (χ2v) is 5.15. The van der Waals surface area contributed by atoms with Gasteiger partial charge in [0.1, 0.15) is 11.9 Å². The Bertz CT molecular complexity index is 459. The summed E-state index contributed by atoms with van der Waals surface area (Å²) >= 11 is 1.50. The Kier molecular flexibility index (Phi) is 5.82. The Morgan fingerprint density at radius 2 is 2.11 bits per heavy atom. The molecule has 0 bridgehead atoms. The van der Waals surface area contributed by atoms with Crippen molar-refractivity contribution in [3.63, 3.8) is 0 Å². The third kappa shape index (κ3) is 4.90. The molecule has 0 fully saturated rings. The van der Waals surface area contributed by atoms with Gasteiger partial charge in [0, 0.05) is 5.56 Å². The van der Waals surface area contributed by atoms with Crippen LogP contribution in [0, 0.1) is 12.7 Å². The molecule has 1 rings (SSSR count). The number of hydrogen-bond acceptors (Lipinski definition) is 3. The first-order valence-electron chi connectivity index (χ1n) is 5.74. The molecule has 19 heavy (non-hydrogen) atoms. The molecule has 0 heterocycles. The molecule has 1 atom stereocenters. The number of amides is 1. The fourth-order valence-electron chi connectivity index (χ4n) is 1.60. The van der Waals surface area contributed by atoms with Crippen LogP contribution in [0.5, 0.6) is 0 Å². The van der Waals surface area contributed by atoms with E-state index in [4.69, 9.17) is 5.11 Å². The minimum absolute atomic E-state index is 0.132. The first kappa shape index (κ1) is 15.5. The number of rotatable bonds is 6. The molecule has 0 aliphatic heterocycles. The first-order valence-corrected chi connectivity index (χ1v) is 7.13. The average Bonchev–Trinajstić information content (AvgIpc) is 2.32. The fourth-order valence-corrected chi connectivity index (χ4v) is 2.07. The summed E-state index contributed by atoms with van der Waals surface area (Å²) in [5.74, 6) is -1.55. The van der Waals surface area contributed by atoms with Crippen LogP contribution in [-0.4, -0.2) is 35.0 Å². The maximum Gasteiger partial charge on any atom is 0.326 e. The molecule has 1 unspecified atom stereocenters. The van der Waals surface area contributed by atoms with Gasteiger partial charge in [0.05, 0.1) is 0 Å². The highest BCUT2D eigenvalue weighted by Crippen LogP contribution is 2.09. The summed E-state index contributed by atoms with van der Waals surface area (Å²) in [6.45, 7) is 1.67. The first-order chi connectivity index (χ1) is 8.93. The van der Waals surface area contributed by atoms with Crippen LogP contribution in [0.25, 0.3) is 0 Å². The molecule has 4 nitrogen and oxygen atoms in total. The molecule has 1 aromatic rings. The zero-order valence-corrected chi connectivity index (χ0v) is 11.6. The Balaban J connectivity index is 2.78. The summed E-state index contributed by atoms with van der Waals surface area (Å²) in [6, 6.07) is 2.96. The standard InChI is InChI=1S/C13H16FNO3S/c1-8-5-9(7-10(14)6-8)12(16)15-11(13(17)18)3-4-19-2/h5-7,11H,3-4H2,1-2H3,(H,15,16)(H,17,18). The third-order valence-electron chi connectivity index (χ3n) is 2.52. The van der Waals surface area contributed by atoms with Crippen LogP contribution in [0.1, 0.15) is 22.3 Å². The zero-order valence-electron chi connectivity index (χ0n) is 10.8. The largest absolute Gasteiger partial charge is 0.480 e. The average molecular weight is 285 g/mol. The molecule has 0 saturated carbocycles. The van der Waals surface area contributed by atoms with Gasteiger partial charge in [-0.05, 0) is 49.1 Å². The number of carboxylic acid groups (broad SMARTS) is 1. The summed E-state index contributed by atoms with van der Waals surface area (Å²) in [5.41, 5.74) is 0.744. The SMILES string of the molecule is CSCCC(NC(=O)c1cc(C)cc(F)c1)C(=O)O. The predicted octanol–water partition coefficient (Wildman–Crippen LogP) is 2.07. The van der Waals surface area contributed by atoms with Crippen LogP contribution in [0.4, 0.5) is 4.39 Å². The van der Waals surface area contributed by atoms with Crippen molar-refractivity contribution in [1.82, 2.24) is 5.32 Å². The number of aryl methyl sites for hydroxylation is 1. The van der Waals surface area contributed by atoms with Gasteiger partial charge in [-0.2, -0.15) is 11.8 Å². The normalized spacial score (nSPS) is 11.9. The van der Waals surface area contributed by atoms with Gasteiger partial charge in [-0.3, -0.25) is 4.79 Å². The smallest absolute Gasteiger partial charge is 0.326 e. The molecule has 0 aliphatic rings. The van der Waals surface area contributed by atoms with Gasteiger partial charge in [-0.25, -0.2) is 9.18 Å². The molecule has 104 valence electrons. The number of hydrogen-bond donors (Lipinski definition) is 2. The fraction of sp³-hybridized carbons (Fsp3) is 0.385. The lowest BCUT2D eigenvalue weighted by molar-refractivity contribution is -0.139. The minimum atomic E-state index is -1.09. The van der Waals surface area contributed by atoms with Gasteiger partial charge in [0.15, 0.2) is 0 Å². The molecule has 2 N–H and O–H groups in total. The number of nitrogens with one attached hydrogen (secondary N) is 1. The van der Waals surface area contributed by atoms with Crippen LogP contribution < -0.4 is 5.32 Å². The number of carbonyl (C=O) groups is 2. The molecular formula is C13H16FNO3S. The Morgan fingerprint density at radius 3 is 2.63 bits per heavy atom. The van der Waals surface area contributed by atoms with Gasteiger partial charge in [0.2, 0.25) is 0 Å². The predicted molar refractivity (Wildman–Crippen MR) is 73.0 cm³/mol. The van der Waals surface area contributed by atoms with Crippen LogP contribution in [0.2, 0.25) is 0 Å². The maximum atomic E-state index is 13.2. The lowest BCUT2D eigenvalue weighted by atomic mass is 10.1. The van der Waals surface area contributed by atoms with Crippen LogP contribution >= 0.6 is 11.8 Å². The molecular weight excluding hydrogens is 269 g/mol. The van der Waals surface area contributed by atoms with E-state index in [-0.39, 0.29) is 5.56 Å². The van der Waals surface area contributed by atoms with E-state index in [0.717, 1.165) is 6.07 Å². The molecule has 1 amide bonds. The van der Waals surface area contributed by atoms with Crippen molar-refractivity contribution < 1.29 is 19.1 Å². The molecule has 0 saturated heterocycles. The molecule has 0 aliphatic carbocycles. The number of thioether (sulfide) groups is 1. The van der Waals surface area contributed by atoms with Crippen molar-refractivity contribution in [3.05, 3.63) is 35.1 Å².